The Morgan fingerprint density at radius 2 is 1.70 bits per heavy atom. The second kappa shape index (κ2) is 7.81. The number of nitrogens with one attached hydrogen (secondary N) is 1. The average molecular weight is 354 g/mol. The van der Waals surface area contributed by atoms with Crippen LogP contribution in [0.1, 0.15) is 19.4 Å². The molecule has 0 saturated heterocycles. The van der Waals surface area contributed by atoms with Crippen molar-refractivity contribution < 1.29 is 13.2 Å². The molecule has 0 aliphatic heterocycles. The molecule has 2 aromatic rings. The second-order valence-electron chi connectivity index (χ2n) is 5.26. The van der Waals surface area contributed by atoms with Gasteiger partial charge in [-0.15, -0.1) is 0 Å². The smallest absolute Gasteiger partial charge is 0.240 e. The first-order chi connectivity index (χ1) is 10.9. The Bertz CT molecular complexity index is 727. The Morgan fingerprint density at radius 3 is 2.26 bits per heavy atom. The normalized spacial score (nSPS) is 12.8. The van der Waals surface area contributed by atoms with Gasteiger partial charge in [0, 0.05) is 11.1 Å². The Labute approximate surface area is 142 Å². The maximum absolute atomic E-state index is 12.3. The highest BCUT2D eigenvalue weighted by molar-refractivity contribution is 7.89. The van der Waals surface area contributed by atoms with Crippen LogP contribution in [-0.2, 0) is 16.4 Å². The van der Waals surface area contributed by atoms with E-state index in [1.807, 2.05) is 38.1 Å². The van der Waals surface area contributed by atoms with Crippen molar-refractivity contribution >= 4 is 21.6 Å². The molecule has 0 aromatic heterocycles. The van der Waals surface area contributed by atoms with Gasteiger partial charge in [-0.2, -0.15) is 0 Å². The van der Waals surface area contributed by atoms with Crippen LogP contribution < -0.4 is 9.46 Å². The maximum Gasteiger partial charge on any atom is 0.240 e. The molecule has 0 aliphatic carbocycles. The highest BCUT2D eigenvalue weighted by Gasteiger charge is 2.17. The first-order valence-corrected chi connectivity index (χ1v) is 9.26. The van der Waals surface area contributed by atoms with E-state index in [1.165, 1.54) is 12.1 Å². The van der Waals surface area contributed by atoms with E-state index in [0.29, 0.717) is 18.1 Å². The van der Waals surface area contributed by atoms with Gasteiger partial charge in [-0.25, -0.2) is 13.1 Å². The van der Waals surface area contributed by atoms with Gasteiger partial charge in [0.15, 0.2) is 0 Å². The predicted octanol–water partition coefficient (Wildman–Crippen LogP) is 3.65. The van der Waals surface area contributed by atoms with Crippen molar-refractivity contribution in [2.75, 3.05) is 6.61 Å². The number of halogens is 1. The molecule has 0 radical (unpaired) electrons. The lowest BCUT2D eigenvalue weighted by molar-refractivity contribution is 0.340. The molecule has 0 amide bonds. The summed E-state index contributed by atoms with van der Waals surface area (Å²) in [6.45, 7) is 4.39. The fourth-order valence-electron chi connectivity index (χ4n) is 2.23. The molecule has 23 heavy (non-hydrogen) atoms. The van der Waals surface area contributed by atoms with E-state index in [0.717, 1.165) is 11.3 Å². The number of ether oxygens (including phenoxy) is 1. The summed E-state index contributed by atoms with van der Waals surface area (Å²) in [4.78, 5) is 0.209. The summed E-state index contributed by atoms with van der Waals surface area (Å²) in [5.41, 5.74) is 1.04. The van der Waals surface area contributed by atoms with E-state index in [4.69, 9.17) is 16.3 Å². The van der Waals surface area contributed by atoms with E-state index >= 15 is 0 Å². The Morgan fingerprint density at radius 1 is 1.09 bits per heavy atom. The molecule has 1 N–H and O–H groups in total. The standard InChI is InChI=1S/C17H20ClNO3S/c1-3-22-16-8-4-14(5-9-16)12-13(2)19-23(20,21)17-10-6-15(18)7-11-17/h4-11,13,19H,3,12H2,1-2H3. The van der Waals surface area contributed by atoms with Gasteiger partial charge in [-0.1, -0.05) is 23.7 Å². The minimum absolute atomic E-state index is 0.209. The van der Waals surface area contributed by atoms with Crippen molar-refractivity contribution in [1.29, 1.82) is 0 Å². The SMILES string of the molecule is CCOc1ccc(CC(C)NS(=O)(=O)c2ccc(Cl)cc2)cc1. The number of hydrogen-bond donors (Lipinski definition) is 1. The van der Waals surface area contributed by atoms with Crippen LogP contribution >= 0.6 is 11.6 Å². The van der Waals surface area contributed by atoms with Crippen molar-refractivity contribution in [3.05, 3.63) is 59.1 Å². The van der Waals surface area contributed by atoms with E-state index in [-0.39, 0.29) is 10.9 Å². The zero-order valence-electron chi connectivity index (χ0n) is 13.1. The van der Waals surface area contributed by atoms with Gasteiger partial charge in [0.05, 0.1) is 11.5 Å². The molecule has 0 spiro atoms. The molecule has 6 heteroatoms. The van der Waals surface area contributed by atoms with Crippen LogP contribution in [0.25, 0.3) is 0 Å². The number of hydrogen-bond acceptors (Lipinski definition) is 3. The van der Waals surface area contributed by atoms with Crippen molar-refractivity contribution in [3.8, 4) is 5.75 Å². The summed E-state index contributed by atoms with van der Waals surface area (Å²) < 4.78 is 32.7. The van der Waals surface area contributed by atoms with Crippen LogP contribution in [-0.4, -0.2) is 21.1 Å². The lowest BCUT2D eigenvalue weighted by Crippen LogP contribution is -2.34. The third kappa shape index (κ3) is 5.23. The molecule has 0 heterocycles. The molecule has 0 fully saturated rings. The van der Waals surface area contributed by atoms with Crippen LogP contribution in [0.2, 0.25) is 5.02 Å². The van der Waals surface area contributed by atoms with Crippen LogP contribution in [0.4, 0.5) is 0 Å². The van der Waals surface area contributed by atoms with Crippen molar-refractivity contribution in [1.82, 2.24) is 4.72 Å². The topological polar surface area (TPSA) is 55.4 Å². The molecule has 0 aliphatic rings. The van der Waals surface area contributed by atoms with E-state index in [1.54, 1.807) is 12.1 Å². The van der Waals surface area contributed by atoms with E-state index in [2.05, 4.69) is 4.72 Å². The lowest BCUT2D eigenvalue weighted by atomic mass is 10.1. The van der Waals surface area contributed by atoms with Crippen LogP contribution in [0.5, 0.6) is 5.75 Å². The molecular weight excluding hydrogens is 334 g/mol. The van der Waals surface area contributed by atoms with Crippen LogP contribution in [0.15, 0.2) is 53.4 Å². The van der Waals surface area contributed by atoms with Crippen LogP contribution in [0, 0.1) is 0 Å². The fraction of sp³-hybridized carbons (Fsp3) is 0.294. The van der Waals surface area contributed by atoms with Gasteiger partial charge >= 0.3 is 0 Å². The molecule has 1 unspecified atom stereocenters. The van der Waals surface area contributed by atoms with Gasteiger partial charge < -0.3 is 4.74 Å². The highest BCUT2D eigenvalue weighted by atomic mass is 35.5. The Kier molecular flexibility index (Phi) is 6.04. The van der Waals surface area contributed by atoms with Crippen molar-refractivity contribution in [2.24, 2.45) is 0 Å². The third-order valence-corrected chi connectivity index (χ3v) is 5.11. The minimum Gasteiger partial charge on any atom is -0.494 e. The molecule has 1 atom stereocenters. The quantitative estimate of drug-likeness (QED) is 0.826. The summed E-state index contributed by atoms with van der Waals surface area (Å²) in [5.74, 6) is 0.811. The highest BCUT2D eigenvalue weighted by Crippen LogP contribution is 2.16. The van der Waals surface area contributed by atoms with Crippen molar-refractivity contribution in [2.45, 2.75) is 31.2 Å². The van der Waals surface area contributed by atoms with Crippen molar-refractivity contribution in [3.63, 3.8) is 0 Å². The maximum atomic E-state index is 12.3. The lowest BCUT2D eigenvalue weighted by Gasteiger charge is -2.15. The van der Waals surface area contributed by atoms with Gasteiger partial charge in [0.1, 0.15) is 5.75 Å². The molecule has 0 bridgehead atoms. The summed E-state index contributed by atoms with van der Waals surface area (Å²) in [6.07, 6.45) is 0.596. The number of sulfonamides is 1. The summed E-state index contributed by atoms with van der Waals surface area (Å²) in [5, 5.41) is 0.506. The molecular formula is C17H20ClNO3S. The number of rotatable bonds is 7. The summed E-state index contributed by atoms with van der Waals surface area (Å²) in [7, 11) is -3.55. The van der Waals surface area contributed by atoms with Crippen LogP contribution in [0.3, 0.4) is 0 Å². The summed E-state index contributed by atoms with van der Waals surface area (Å²) >= 11 is 5.78. The van der Waals surface area contributed by atoms with Gasteiger partial charge in [-0.05, 0) is 62.2 Å². The molecule has 2 aromatic carbocycles. The Balaban J connectivity index is 2.00. The monoisotopic (exact) mass is 353 g/mol. The zero-order chi connectivity index (χ0) is 16.9. The summed E-state index contributed by atoms with van der Waals surface area (Å²) in [6, 6.07) is 13.5. The molecule has 2 rings (SSSR count). The Hall–Kier alpha value is -1.56. The number of benzene rings is 2. The first kappa shape index (κ1) is 17.8. The first-order valence-electron chi connectivity index (χ1n) is 7.40. The zero-order valence-corrected chi connectivity index (χ0v) is 14.7. The largest absolute Gasteiger partial charge is 0.494 e. The van der Waals surface area contributed by atoms with Gasteiger partial charge in [-0.3, -0.25) is 0 Å². The molecule has 0 saturated carbocycles. The third-order valence-electron chi connectivity index (χ3n) is 3.26. The van der Waals surface area contributed by atoms with E-state index in [9.17, 15) is 8.42 Å². The second-order valence-corrected chi connectivity index (χ2v) is 7.41. The minimum atomic E-state index is -3.55. The average Bonchev–Trinajstić information content (AvgIpc) is 2.49. The van der Waals surface area contributed by atoms with E-state index < -0.39 is 10.0 Å². The van der Waals surface area contributed by atoms with Gasteiger partial charge in [0.25, 0.3) is 0 Å². The predicted molar refractivity (Wildman–Crippen MR) is 92.6 cm³/mol. The fourth-order valence-corrected chi connectivity index (χ4v) is 3.60. The van der Waals surface area contributed by atoms with Gasteiger partial charge in [0.2, 0.25) is 10.0 Å². The molecule has 124 valence electrons. The molecule has 4 nitrogen and oxygen atoms in total.